The average Bonchev–Trinajstić information content (AvgIpc) is 3.09. The van der Waals surface area contributed by atoms with Crippen molar-refractivity contribution in [3.05, 3.63) is 59.4 Å². The van der Waals surface area contributed by atoms with Gasteiger partial charge in [0, 0.05) is 0 Å². The van der Waals surface area contributed by atoms with Crippen LogP contribution in [0.1, 0.15) is 50.4 Å². The number of alkyl halides is 3. The Hall–Kier alpha value is -2.56. The molecule has 2 nitrogen and oxygen atoms in total. The fraction of sp³-hybridized carbons (Fsp3) is 0.348. The summed E-state index contributed by atoms with van der Waals surface area (Å²) in [5, 5.41) is 0. The number of hydrogen-bond donors (Lipinski definition) is 1. The summed E-state index contributed by atoms with van der Waals surface area (Å²) in [5.41, 5.74) is 2.92. The lowest BCUT2D eigenvalue weighted by molar-refractivity contribution is -0.137. The van der Waals surface area contributed by atoms with Crippen molar-refractivity contribution in [1.82, 2.24) is 9.97 Å². The van der Waals surface area contributed by atoms with Crippen LogP contribution >= 0.6 is 0 Å². The minimum absolute atomic E-state index is 0.182. The van der Waals surface area contributed by atoms with Crippen molar-refractivity contribution < 1.29 is 13.2 Å². The van der Waals surface area contributed by atoms with E-state index < -0.39 is 11.7 Å². The molecule has 1 saturated carbocycles. The Morgan fingerprint density at radius 2 is 1.82 bits per heavy atom. The minimum atomic E-state index is -4.38. The fourth-order valence-electron chi connectivity index (χ4n) is 4.14. The summed E-state index contributed by atoms with van der Waals surface area (Å²) in [6.07, 6.45) is 4.01. The quantitative estimate of drug-likeness (QED) is 0.507. The second kappa shape index (κ2) is 7.46. The highest BCUT2D eigenvalue weighted by Gasteiger charge is 2.33. The van der Waals surface area contributed by atoms with Gasteiger partial charge in [-0.3, -0.25) is 0 Å². The van der Waals surface area contributed by atoms with Gasteiger partial charge in [-0.05, 0) is 61.1 Å². The van der Waals surface area contributed by atoms with Crippen molar-refractivity contribution in [2.45, 2.75) is 45.2 Å². The van der Waals surface area contributed by atoms with Gasteiger partial charge in [-0.1, -0.05) is 49.1 Å². The van der Waals surface area contributed by atoms with Gasteiger partial charge >= 0.3 is 6.18 Å². The molecule has 0 unspecified atom stereocenters. The number of nitrogens with zero attached hydrogens (tertiary/aromatic N) is 1. The molecule has 3 aromatic rings. The molecule has 5 heteroatoms. The van der Waals surface area contributed by atoms with Gasteiger partial charge in [-0.15, -0.1) is 0 Å². The van der Waals surface area contributed by atoms with Gasteiger partial charge in [0.05, 0.1) is 16.6 Å². The zero-order chi connectivity index (χ0) is 19.7. The number of rotatable bonds is 3. The van der Waals surface area contributed by atoms with Gasteiger partial charge in [0.2, 0.25) is 0 Å². The SMILES string of the molecule is C/C(=C/c1nc2ccc(-c3ccccc3C(F)(F)F)cc2[nH]1)C1CCCCC1. The third-order valence-electron chi connectivity index (χ3n) is 5.66. The van der Waals surface area contributed by atoms with Gasteiger partial charge in [0.1, 0.15) is 5.82 Å². The maximum Gasteiger partial charge on any atom is 0.417 e. The maximum atomic E-state index is 13.3. The summed E-state index contributed by atoms with van der Waals surface area (Å²) in [6, 6.07) is 10.9. The van der Waals surface area contributed by atoms with Crippen LogP contribution in [0.3, 0.4) is 0 Å². The summed E-state index contributed by atoms with van der Waals surface area (Å²) < 4.78 is 40.0. The Balaban J connectivity index is 1.68. The van der Waals surface area contributed by atoms with E-state index in [-0.39, 0.29) is 5.56 Å². The normalized spacial score (nSPS) is 16.6. The first-order valence-electron chi connectivity index (χ1n) is 9.76. The Bertz CT molecular complexity index is 1010. The molecule has 0 saturated heterocycles. The number of imidazole rings is 1. The van der Waals surface area contributed by atoms with Gasteiger partial charge < -0.3 is 4.98 Å². The first-order valence-corrected chi connectivity index (χ1v) is 9.76. The maximum absolute atomic E-state index is 13.3. The molecular weight excluding hydrogens is 361 g/mol. The molecule has 1 aromatic heterocycles. The molecule has 0 aliphatic heterocycles. The topological polar surface area (TPSA) is 28.7 Å². The van der Waals surface area contributed by atoms with E-state index in [1.165, 1.54) is 49.8 Å². The van der Waals surface area contributed by atoms with Crippen LogP contribution in [0.25, 0.3) is 28.2 Å². The Kier molecular flexibility index (Phi) is 5.00. The van der Waals surface area contributed by atoms with Crippen LogP contribution in [0, 0.1) is 5.92 Å². The van der Waals surface area contributed by atoms with E-state index >= 15 is 0 Å². The number of H-pyrrole nitrogens is 1. The molecule has 1 heterocycles. The van der Waals surface area contributed by atoms with E-state index in [1.807, 2.05) is 0 Å². The lowest BCUT2D eigenvalue weighted by Crippen LogP contribution is -2.07. The molecule has 2 aromatic carbocycles. The number of nitrogens with one attached hydrogen (secondary N) is 1. The Morgan fingerprint density at radius 3 is 2.57 bits per heavy atom. The Morgan fingerprint density at radius 1 is 1.07 bits per heavy atom. The summed E-state index contributed by atoms with van der Waals surface area (Å²) >= 11 is 0. The molecule has 0 spiro atoms. The lowest BCUT2D eigenvalue weighted by Gasteiger charge is -2.22. The Labute approximate surface area is 162 Å². The van der Waals surface area contributed by atoms with E-state index in [0.717, 1.165) is 22.9 Å². The van der Waals surface area contributed by atoms with E-state index in [2.05, 4.69) is 23.0 Å². The molecule has 0 atom stereocenters. The smallest absolute Gasteiger partial charge is 0.338 e. The molecule has 28 heavy (non-hydrogen) atoms. The van der Waals surface area contributed by atoms with Crippen molar-refractivity contribution in [3.8, 4) is 11.1 Å². The number of benzene rings is 2. The van der Waals surface area contributed by atoms with Crippen LogP contribution in [-0.2, 0) is 6.18 Å². The summed E-state index contributed by atoms with van der Waals surface area (Å²) in [7, 11) is 0. The summed E-state index contributed by atoms with van der Waals surface area (Å²) in [5.74, 6) is 1.37. The number of aromatic nitrogens is 2. The van der Waals surface area contributed by atoms with Crippen LogP contribution in [0.15, 0.2) is 48.0 Å². The second-order valence-electron chi connectivity index (χ2n) is 7.62. The molecule has 1 fully saturated rings. The van der Waals surface area contributed by atoms with Gasteiger partial charge in [0.15, 0.2) is 0 Å². The molecule has 1 aliphatic carbocycles. The largest absolute Gasteiger partial charge is 0.417 e. The van der Waals surface area contributed by atoms with Gasteiger partial charge in [-0.2, -0.15) is 13.2 Å². The number of allylic oxidation sites excluding steroid dienone is 1. The van der Waals surface area contributed by atoms with Crippen molar-refractivity contribution in [1.29, 1.82) is 0 Å². The van der Waals surface area contributed by atoms with Crippen molar-refractivity contribution in [3.63, 3.8) is 0 Å². The molecule has 0 radical (unpaired) electrons. The average molecular weight is 384 g/mol. The summed E-state index contributed by atoms with van der Waals surface area (Å²) in [4.78, 5) is 7.86. The molecule has 0 amide bonds. The van der Waals surface area contributed by atoms with Crippen LogP contribution in [-0.4, -0.2) is 9.97 Å². The second-order valence-corrected chi connectivity index (χ2v) is 7.62. The van der Waals surface area contributed by atoms with E-state index in [4.69, 9.17) is 0 Å². The highest BCUT2D eigenvalue weighted by atomic mass is 19.4. The molecular formula is C23H23F3N2. The molecule has 4 rings (SSSR count). The molecule has 1 N–H and O–H groups in total. The minimum Gasteiger partial charge on any atom is -0.338 e. The van der Waals surface area contributed by atoms with Gasteiger partial charge in [0.25, 0.3) is 0 Å². The third-order valence-corrected chi connectivity index (χ3v) is 5.66. The first kappa shape index (κ1) is 18.8. The van der Waals surface area contributed by atoms with Crippen molar-refractivity contribution in [2.75, 3.05) is 0 Å². The number of hydrogen-bond acceptors (Lipinski definition) is 1. The van der Waals surface area contributed by atoms with E-state index in [1.54, 1.807) is 24.3 Å². The van der Waals surface area contributed by atoms with Gasteiger partial charge in [-0.25, -0.2) is 4.98 Å². The molecule has 0 bridgehead atoms. The third kappa shape index (κ3) is 3.84. The molecule has 1 aliphatic rings. The van der Waals surface area contributed by atoms with Crippen molar-refractivity contribution in [2.24, 2.45) is 5.92 Å². The zero-order valence-corrected chi connectivity index (χ0v) is 15.8. The first-order chi connectivity index (χ1) is 13.4. The monoisotopic (exact) mass is 384 g/mol. The standard InChI is InChI=1S/C23H23F3N2/c1-15(16-7-3-2-4-8-16)13-22-27-20-12-11-17(14-21(20)28-22)18-9-5-6-10-19(18)23(24,25)26/h5-6,9-14,16H,2-4,7-8H2,1H3,(H,27,28)/b15-13-. The number of halogens is 3. The van der Waals surface area contributed by atoms with E-state index in [9.17, 15) is 13.2 Å². The number of aromatic amines is 1. The highest BCUT2D eigenvalue weighted by molar-refractivity contribution is 5.84. The lowest BCUT2D eigenvalue weighted by atomic mass is 9.84. The highest BCUT2D eigenvalue weighted by Crippen LogP contribution is 2.37. The predicted molar refractivity (Wildman–Crippen MR) is 107 cm³/mol. The van der Waals surface area contributed by atoms with E-state index in [0.29, 0.717) is 11.5 Å². The van der Waals surface area contributed by atoms with Crippen LogP contribution < -0.4 is 0 Å². The van der Waals surface area contributed by atoms with Crippen molar-refractivity contribution >= 4 is 17.1 Å². The van der Waals surface area contributed by atoms with Crippen LogP contribution in [0.5, 0.6) is 0 Å². The van der Waals surface area contributed by atoms with Crippen LogP contribution in [0.4, 0.5) is 13.2 Å². The number of fused-ring (bicyclic) bond motifs is 1. The molecule has 146 valence electrons. The van der Waals surface area contributed by atoms with Crippen LogP contribution in [0.2, 0.25) is 0 Å². The fourth-order valence-corrected chi connectivity index (χ4v) is 4.14. The predicted octanol–water partition coefficient (Wildman–Crippen LogP) is 7.23. The summed E-state index contributed by atoms with van der Waals surface area (Å²) in [6.45, 7) is 2.15. The zero-order valence-electron chi connectivity index (χ0n) is 15.8.